The van der Waals surface area contributed by atoms with E-state index in [1.165, 1.54) is 6.20 Å². The number of halogens is 1. The van der Waals surface area contributed by atoms with Crippen LogP contribution in [0.4, 0.5) is 0 Å². The van der Waals surface area contributed by atoms with E-state index < -0.39 is 0 Å². The Hall–Kier alpha value is -0.970. The SMILES string of the molecule is O=[N+]([O-])Cc1ccncc1Br. The van der Waals surface area contributed by atoms with Crippen molar-refractivity contribution in [3.63, 3.8) is 0 Å². The minimum atomic E-state index is -0.375. The molecule has 0 radical (unpaired) electrons. The van der Waals surface area contributed by atoms with Gasteiger partial charge in [0.05, 0.1) is 0 Å². The number of nitrogens with zero attached hydrogens (tertiary/aromatic N) is 2. The monoisotopic (exact) mass is 216 g/mol. The van der Waals surface area contributed by atoms with E-state index in [0.717, 1.165) is 0 Å². The van der Waals surface area contributed by atoms with Crippen LogP contribution in [0.5, 0.6) is 0 Å². The fourth-order valence-electron chi connectivity index (χ4n) is 0.671. The lowest BCUT2D eigenvalue weighted by molar-refractivity contribution is -0.497. The van der Waals surface area contributed by atoms with Crippen molar-refractivity contribution >= 4 is 15.9 Å². The van der Waals surface area contributed by atoms with E-state index in [2.05, 4.69) is 20.9 Å². The molecular weight excluding hydrogens is 212 g/mol. The quantitative estimate of drug-likeness (QED) is 0.558. The molecule has 0 N–H and O–H groups in total. The smallest absolute Gasteiger partial charge is 0.230 e. The molecule has 11 heavy (non-hydrogen) atoms. The zero-order chi connectivity index (χ0) is 8.27. The van der Waals surface area contributed by atoms with Crippen molar-refractivity contribution < 1.29 is 4.92 Å². The first-order chi connectivity index (χ1) is 5.20. The summed E-state index contributed by atoms with van der Waals surface area (Å²) in [6, 6.07) is 1.62. The molecule has 4 nitrogen and oxygen atoms in total. The molecule has 58 valence electrons. The van der Waals surface area contributed by atoms with Crippen molar-refractivity contribution in [3.05, 3.63) is 38.6 Å². The van der Waals surface area contributed by atoms with Gasteiger partial charge in [0.1, 0.15) is 0 Å². The summed E-state index contributed by atoms with van der Waals surface area (Å²) in [5.41, 5.74) is 0.644. The van der Waals surface area contributed by atoms with Crippen molar-refractivity contribution in [3.8, 4) is 0 Å². The van der Waals surface area contributed by atoms with Crippen molar-refractivity contribution in [2.75, 3.05) is 0 Å². The van der Waals surface area contributed by atoms with Crippen LogP contribution in [0.25, 0.3) is 0 Å². The molecule has 0 saturated carbocycles. The van der Waals surface area contributed by atoms with Crippen LogP contribution in [-0.4, -0.2) is 9.91 Å². The van der Waals surface area contributed by atoms with Gasteiger partial charge in [-0.05, 0) is 22.0 Å². The van der Waals surface area contributed by atoms with Crippen LogP contribution >= 0.6 is 15.9 Å². The summed E-state index contributed by atoms with van der Waals surface area (Å²) in [5, 5.41) is 10.1. The Bertz CT molecular complexity index is 277. The Morgan fingerprint density at radius 3 is 3.00 bits per heavy atom. The van der Waals surface area contributed by atoms with E-state index in [-0.39, 0.29) is 11.5 Å². The highest BCUT2D eigenvalue weighted by molar-refractivity contribution is 9.10. The lowest BCUT2D eigenvalue weighted by Crippen LogP contribution is -1.98. The van der Waals surface area contributed by atoms with E-state index in [1.54, 1.807) is 12.3 Å². The number of nitro groups is 1. The summed E-state index contributed by atoms with van der Waals surface area (Å²) in [6.07, 6.45) is 3.07. The molecule has 0 bridgehead atoms. The molecule has 0 atom stereocenters. The molecule has 0 fully saturated rings. The highest BCUT2D eigenvalue weighted by Gasteiger charge is 2.04. The number of pyridine rings is 1. The van der Waals surface area contributed by atoms with Crippen LogP contribution in [0.2, 0.25) is 0 Å². The zero-order valence-corrected chi connectivity index (χ0v) is 7.11. The Morgan fingerprint density at radius 1 is 1.73 bits per heavy atom. The largest absolute Gasteiger partial charge is 0.264 e. The second-order valence-electron chi connectivity index (χ2n) is 1.96. The molecule has 1 aromatic rings. The summed E-state index contributed by atoms with van der Waals surface area (Å²) in [7, 11) is 0. The summed E-state index contributed by atoms with van der Waals surface area (Å²) in [4.78, 5) is 13.5. The Labute approximate surface area is 71.5 Å². The van der Waals surface area contributed by atoms with E-state index >= 15 is 0 Å². The van der Waals surface area contributed by atoms with Gasteiger partial charge in [-0.3, -0.25) is 15.1 Å². The van der Waals surface area contributed by atoms with Gasteiger partial charge in [-0.15, -0.1) is 0 Å². The third kappa shape index (κ3) is 2.27. The summed E-state index contributed by atoms with van der Waals surface area (Å²) in [5.74, 6) is 0. The first-order valence-corrected chi connectivity index (χ1v) is 3.69. The topological polar surface area (TPSA) is 56.0 Å². The Morgan fingerprint density at radius 2 is 2.45 bits per heavy atom. The van der Waals surface area contributed by atoms with Gasteiger partial charge < -0.3 is 0 Å². The van der Waals surface area contributed by atoms with Gasteiger partial charge in [-0.1, -0.05) is 0 Å². The average Bonchev–Trinajstić information content (AvgIpc) is 1.93. The third-order valence-corrected chi connectivity index (χ3v) is 1.87. The lowest BCUT2D eigenvalue weighted by Gasteiger charge is -1.95. The zero-order valence-electron chi connectivity index (χ0n) is 5.53. The van der Waals surface area contributed by atoms with Gasteiger partial charge in [0.2, 0.25) is 6.54 Å². The van der Waals surface area contributed by atoms with Gasteiger partial charge in [0.15, 0.2) is 0 Å². The molecule has 0 aromatic carbocycles. The van der Waals surface area contributed by atoms with Crippen molar-refractivity contribution in [2.45, 2.75) is 6.54 Å². The molecule has 0 spiro atoms. The molecular formula is C6H5BrN2O2. The molecule has 5 heteroatoms. The van der Waals surface area contributed by atoms with Crippen LogP contribution in [0.15, 0.2) is 22.9 Å². The van der Waals surface area contributed by atoms with Crippen LogP contribution in [0.3, 0.4) is 0 Å². The molecule has 1 heterocycles. The predicted octanol–water partition coefficient (Wildman–Crippen LogP) is 1.62. The van der Waals surface area contributed by atoms with Gasteiger partial charge >= 0.3 is 0 Å². The van der Waals surface area contributed by atoms with E-state index in [0.29, 0.717) is 10.0 Å². The van der Waals surface area contributed by atoms with Gasteiger partial charge in [0, 0.05) is 27.4 Å². The first-order valence-electron chi connectivity index (χ1n) is 2.90. The van der Waals surface area contributed by atoms with Crippen molar-refractivity contribution in [1.82, 2.24) is 4.98 Å². The number of aromatic nitrogens is 1. The van der Waals surface area contributed by atoms with Crippen LogP contribution in [0.1, 0.15) is 5.56 Å². The fraction of sp³-hybridized carbons (Fsp3) is 0.167. The molecule has 0 aliphatic rings. The Balaban J connectivity index is 2.86. The standard InChI is InChI=1S/C6H5BrN2O2/c7-6-3-8-2-1-5(6)4-9(10)11/h1-3H,4H2. The third-order valence-electron chi connectivity index (χ3n) is 1.16. The molecule has 0 aliphatic heterocycles. The van der Waals surface area contributed by atoms with Crippen molar-refractivity contribution in [1.29, 1.82) is 0 Å². The lowest BCUT2D eigenvalue weighted by atomic mass is 10.3. The van der Waals surface area contributed by atoms with Crippen molar-refractivity contribution in [2.24, 2.45) is 0 Å². The van der Waals surface area contributed by atoms with E-state index in [4.69, 9.17) is 0 Å². The van der Waals surface area contributed by atoms with Crippen LogP contribution in [-0.2, 0) is 6.54 Å². The molecule has 0 amide bonds. The van der Waals surface area contributed by atoms with Gasteiger partial charge in [-0.25, -0.2) is 0 Å². The maximum Gasteiger partial charge on any atom is 0.230 e. The molecule has 0 unspecified atom stereocenters. The van der Waals surface area contributed by atoms with Gasteiger partial charge in [0.25, 0.3) is 0 Å². The summed E-state index contributed by atoms with van der Waals surface area (Å²) < 4.78 is 0.678. The fourth-order valence-corrected chi connectivity index (χ4v) is 1.05. The Kier molecular flexibility index (Phi) is 2.53. The van der Waals surface area contributed by atoms with Gasteiger partial charge in [-0.2, -0.15) is 0 Å². The minimum absolute atomic E-state index is 0.164. The molecule has 0 aliphatic carbocycles. The number of hydrogen-bond donors (Lipinski definition) is 0. The number of rotatable bonds is 2. The van der Waals surface area contributed by atoms with Crippen LogP contribution < -0.4 is 0 Å². The first kappa shape index (κ1) is 8.13. The molecule has 1 aromatic heterocycles. The maximum absolute atomic E-state index is 10.1. The second-order valence-corrected chi connectivity index (χ2v) is 2.81. The summed E-state index contributed by atoms with van der Waals surface area (Å²) in [6.45, 7) is -0.164. The normalized spacial score (nSPS) is 9.55. The molecule has 0 saturated heterocycles. The highest BCUT2D eigenvalue weighted by Crippen LogP contribution is 2.14. The van der Waals surface area contributed by atoms with E-state index in [1.807, 2.05) is 0 Å². The molecule has 1 rings (SSSR count). The van der Waals surface area contributed by atoms with Crippen LogP contribution in [0, 0.1) is 10.1 Å². The highest BCUT2D eigenvalue weighted by atomic mass is 79.9. The maximum atomic E-state index is 10.1. The number of hydrogen-bond acceptors (Lipinski definition) is 3. The average molecular weight is 217 g/mol. The summed E-state index contributed by atoms with van der Waals surface area (Å²) >= 11 is 3.16. The minimum Gasteiger partial charge on any atom is -0.264 e. The van der Waals surface area contributed by atoms with E-state index in [9.17, 15) is 10.1 Å². The second kappa shape index (κ2) is 3.43. The predicted molar refractivity (Wildman–Crippen MR) is 42.6 cm³/mol.